The van der Waals surface area contributed by atoms with Crippen molar-refractivity contribution in [3.05, 3.63) is 0 Å². The van der Waals surface area contributed by atoms with Crippen molar-refractivity contribution < 1.29 is 14.7 Å². The van der Waals surface area contributed by atoms with Gasteiger partial charge in [-0.2, -0.15) is 0 Å². The lowest BCUT2D eigenvalue weighted by atomic mass is 10.3. The molecular weight excluding hydrogens is 124 g/mol. The zero-order chi connectivity index (χ0) is 7.44. The first-order valence-electron chi connectivity index (χ1n) is 2.33. The van der Waals surface area contributed by atoms with Crippen LogP contribution in [0.5, 0.6) is 0 Å². The fourth-order valence-corrected chi connectivity index (χ4v) is 0.256. The van der Waals surface area contributed by atoms with Crippen LogP contribution < -0.4 is 11.1 Å². The van der Waals surface area contributed by atoms with Crippen LogP contribution in [0.2, 0.25) is 0 Å². The van der Waals surface area contributed by atoms with Gasteiger partial charge in [0.05, 0.1) is 0 Å². The minimum atomic E-state index is -1.25. The predicted molar refractivity (Wildman–Crippen MR) is 29.8 cm³/mol. The van der Waals surface area contributed by atoms with Gasteiger partial charge in [-0.3, -0.25) is 4.79 Å². The highest BCUT2D eigenvalue weighted by molar-refractivity contribution is 5.83. The number of rotatable bonds is 2. The smallest absolute Gasteiger partial charge is 0.405 e. The molecule has 0 aliphatic rings. The molecule has 0 aromatic heterocycles. The van der Waals surface area contributed by atoms with Crippen LogP contribution in [0.4, 0.5) is 4.79 Å². The lowest BCUT2D eigenvalue weighted by Crippen LogP contribution is -2.41. The third-order valence-electron chi connectivity index (χ3n) is 0.767. The van der Waals surface area contributed by atoms with E-state index in [0.29, 0.717) is 0 Å². The van der Waals surface area contributed by atoms with Crippen LogP contribution in [0.1, 0.15) is 6.92 Å². The van der Waals surface area contributed by atoms with Gasteiger partial charge in [0.15, 0.2) is 0 Å². The monoisotopic (exact) mass is 132 g/mol. The van der Waals surface area contributed by atoms with Gasteiger partial charge in [0, 0.05) is 0 Å². The number of nitrogens with two attached hydrogens (primary N) is 1. The second-order valence-electron chi connectivity index (χ2n) is 1.57. The summed E-state index contributed by atoms with van der Waals surface area (Å²) in [5.41, 5.74) is 4.72. The van der Waals surface area contributed by atoms with E-state index in [1.807, 2.05) is 5.32 Å². The van der Waals surface area contributed by atoms with E-state index in [1.165, 1.54) is 6.92 Å². The van der Waals surface area contributed by atoms with E-state index in [4.69, 9.17) is 10.8 Å². The van der Waals surface area contributed by atoms with E-state index in [2.05, 4.69) is 0 Å². The molecule has 2 amide bonds. The number of carboxylic acid groups (broad SMARTS) is 1. The fourth-order valence-electron chi connectivity index (χ4n) is 0.256. The van der Waals surface area contributed by atoms with Gasteiger partial charge in [0.1, 0.15) is 6.04 Å². The molecule has 1 unspecified atom stereocenters. The molecule has 1 atom stereocenters. The van der Waals surface area contributed by atoms with Crippen LogP contribution in [-0.2, 0) is 4.79 Å². The van der Waals surface area contributed by atoms with Gasteiger partial charge in [-0.1, -0.05) is 0 Å². The summed E-state index contributed by atoms with van der Waals surface area (Å²) >= 11 is 0. The van der Waals surface area contributed by atoms with Crippen LogP contribution in [0.15, 0.2) is 0 Å². The third kappa shape index (κ3) is 3.33. The number of hydrogen-bond donors (Lipinski definition) is 3. The average molecular weight is 132 g/mol. The SMILES string of the molecule is CC(NC(=O)O)C(N)=O. The maximum Gasteiger partial charge on any atom is 0.405 e. The van der Waals surface area contributed by atoms with Crippen LogP contribution in [0.3, 0.4) is 0 Å². The molecule has 0 saturated heterocycles. The lowest BCUT2D eigenvalue weighted by Gasteiger charge is -2.04. The van der Waals surface area contributed by atoms with Crippen molar-refractivity contribution in [2.24, 2.45) is 5.73 Å². The molecule has 0 bridgehead atoms. The maximum atomic E-state index is 10.1. The lowest BCUT2D eigenvalue weighted by molar-refractivity contribution is -0.119. The van der Waals surface area contributed by atoms with E-state index < -0.39 is 18.0 Å². The van der Waals surface area contributed by atoms with Gasteiger partial charge in [0.2, 0.25) is 5.91 Å². The van der Waals surface area contributed by atoms with Gasteiger partial charge in [-0.05, 0) is 6.92 Å². The Kier molecular flexibility index (Phi) is 2.50. The summed E-state index contributed by atoms with van der Waals surface area (Å²) in [6.07, 6.45) is -1.25. The average Bonchev–Trinajstić information content (AvgIpc) is 1.63. The molecule has 0 aromatic carbocycles. The van der Waals surface area contributed by atoms with Gasteiger partial charge in [0.25, 0.3) is 0 Å². The first-order chi connectivity index (χ1) is 4.04. The Morgan fingerprint density at radius 1 is 1.67 bits per heavy atom. The van der Waals surface area contributed by atoms with Crippen molar-refractivity contribution in [3.8, 4) is 0 Å². The Morgan fingerprint density at radius 2 is 2.11 bits per heavy atom. The second-order valence-corrected chi connectivity index (χ2v) is 1.57. The number of carbonyl (C=O) groups is 2. The summed E-state index contributed by atoms with van der Waals surface area (Å²) < 4.78 is 0. The number of amides is 2. The molecule has 0 aliphatic carbocycles. The summed E-state index contributed by atoms with van der Waals surface area (Å²) in [4.78, 5) is 19.9. The molecule has 5 heteroatoms. The first-order valence-corrected chi connectivity index (χ1v) is 2.33. The normalized spacial score (nSPS) is 12.1. The molecule has 52 valence electrons. The Labute approximate surface area is 51.8 Å². The molecule has 0 aliphatic heterocycles. The van der Waals surface area contributed by atoms with Crippen molar-refractivity contribution in [3.63, 3.8) is 0 Å². The molecule has 0 radical (unpaired) electrons. The predicted octanol–water partition coefficient (Wildman–Crippen LogP) is -0.872. The van der Waals surface area contributed by atoms with Crippen molar-refractivity contribution in [2.75, 3.05) is 0 Å². The summed E-state index contributed by atoms with van der Waals surface area (Å²) in [6.45, 7) is 1.37. The largest absolute Gasteiger partial charge is 0.465 e. The summed E-state index contributed by atoms with van der Waals surface area (Å²) in [7, 11) is 0. The number of primary amides is 1. The minimum Gasteiger partial charge on any atom is -0.465 e. The summed E-state index contributed by atoms with van der Waals surface area (Å²) in [6, 6.07) is -0.817. The summed E-state index contributed by atoms with van der Waals surface area (Å²) in [5, 5.41) is 9.90. The summed E-state index contributed by atoms with van der Waals surface area (Å²) in [5.74, 6) is -0.683. The highest BCUT2D eigenvalue weighted by atomic mass is 16.4. The van der Waals surface area contributed by atoms with Crippen LogP contribution in [0, 0.1) is 0 Å². The highest BCUT2D eigenvalue weighted by Gasteiger charge is 2.09. The molecule has 9 heavy (non-hydrogen) atoms. The van der Waals surface area contributed by atoms with Crippen molar-refractivity contribution in [1.82, 2.24) is 5.32 Å². The fraction of sp³-hybridized carbons (Fsp3) is 0.500. The van der Waals surface area contributed by atoms with E-state index in [-0.39, 0.29) is 0 Å². The topological polar surface area (TPSA) is 92.4 Å². The molecule has 0 heterocycles. The molecule has 0 aromatic rings. The number of nitrogens with one attached hydrogen (secondary N) is 1. The van der Waals surface area contributed by atoms with Crippen LogP contribution in [0.25, 0.3) is 0 Å². The number of hydrogen-bond acceptors (Lipinski definition) is 2. The maximum absolute atomic E-state index is 10.1. The van der Waals surface area contributed by atoms with Crippen molar-refractivity contribution in [1.29, 1.82) is 0 Å². The van der Waals surface area contributed by atoms with Gasteiger partial charge in [-0.15, -0.1) is 0 Å². The van der Waals surface area contributed by atoms with Crippen LogP contribution >= 0.6 is 0 Å². The van der Waals surface area contributed by atoms with Crippen molar-refractivity contribution >= 4 is 12.0 Å². The Bertz CT molecular complexity index is 134. The van der Waals surface area contributed by atoms with Gasteiger partial charge >= 0.3 is 6.09 Å². The van der Waals surface area contributed by atoms with Crippen LogP contribution in [-0.4, -0.2) is 23.1 Å². The van der Waals surface area contributed by atoms with E-state index in [9.17, 15) is 9.59 Å². The minimum absolute atomic E-state index is 0.683. The first kappa shape index (κ1) is 7.74. The molecule has 4 N–H and O–H groups in total. The molecule has 0 saturated carbocycles. The molecule has 0 rings (SSSR count). The molecular formula is C4H8N2O3. The standard InChI is InChI=1S/C4H8N2O3/c1-2(3(5)7)6-4(8)9/h2,6H,1H3,(H2,5,7)(H,8,9). The molecule has 0 fully saturated rings. The Hall–Kier alpha value is -1.26. The second kappa shape index (κ2) is 2.91. The van der Waals surface area contributed by atoms with E-state index in [0.717, 1.165) is 0 Å². The van der Waals surface area contributed by atoms with E-state index in [1.54, 1.807) is 0 Å². The van der Waals surface area contributed by atoms with E-state index >= 15 is 0 Å². The quantitative estimate of drug-likeness (QED) is 0.456. The number of carbonyl (C=O) groups excluding carboxylic acids is 1. The van der Waals surface area contributed by atoms with Gasteiger partial charge < -0.3 is 16.2 Å². The third-order valence-corrected chi connectivity index (χ3v) is 0.767. The Balaban J connectivity index is 3.63. The highest BCUT2D eigenvalue weighted by Crippen LogP contribution is 1.76. The van der Waals surface area contributed by atoms with Gasteiger partial charge in [-0.25, -0.2) is 4.79 Å². The Morgan fingerprint density at radius 3 is 2.22 bits per heavy atom. The zero-order valence-electron chi connectivity index (χ0n) is 4.92. The van der Waals surface area contributed by atoms with Crippen molar-refractivity contribution in [2.45, 2.75) is 13.0 Å². The zero-order valence-corrected chi connectivity index (χ0v) is 4.92. The molecule has 0 spiro atoms. The molecule has 5 nitrogen and oxygen atoms in total.